The van der Waals surface area contributed by atoms with Crippen LogP contribution in [0.5, 0.6) is 0 Å². The smallest absolute Gasteiger partial charge is 0.191 e. The number of aromatic nitrogens is 1. The lowest BCUT2D eigenvalue weighted by Crippen LogP contribution is -2.39. The molecule has 2 N–H and O–H groups in total. The number of guanidine groups is 1. The number of nitrogens with zero attached hydrogens (tertiary/aromatic N) is 2. The average Bonchev–Trinajstić information content (AvgIpc) is 2.39. The van der Waals surface area contributed by atoms with Crippen LogP contribution in [0.4, 0.5) is 0 Å². The Kier molecular flexibility index (Phi) is 6.79. The van der Waals surface area contributed by atoms with Crippen molar-refractivity contribution < 1.29 is 4.74 Å². The average molecular weight is 250 g/mol. The Hall–Kier alpha value is -1.62. The van der Waals surface area contributed by atoms with Crippen LogP contribution in [0.15, 0.2) is 23.5 Å². The van der Waals surface area contributed by atoms with Crippen LogP contribution in [0, 0.1) is 6.92 Å². The minimum absolute atomic E-state index is 0.671. The number of nitrogens with one attached hydrogen (secondary N) is 2. The van der Waals surface area contributed by atoms with Gasteiger partial charge >= 0.3 is 0 Å². The van der Waals surface area contributed by atoms with Crippen molar-refractivity contribution in [1.82, 2.24) is 15.6 Å². The number of pyridine rings is 1. The lowest BCUT2D eigenvalue weighted by molar-refractivity contribution is 0.203. The van der Waals surface area contributed by atoms with Crippen LogP contribution in [0.1, 0.15) is 11.1 Å². The maximum Gasteiger partial charge on any atom is 0.191 e. The third-order valence-electron chi connectivity index (χ3n) is 2.65. The summed E-state index contributed by atoms with van der Waals surface area (Å²) in [6, 6.07) is 2.05. The van der Waals surface area contributed by atoms with Gasteiger partial charge in [-0.2, -0.15) is 0 Å². The molecule has 18 heavy (non-hydrogen) atoms. The first-order valence-corrected chi connectivity index (χ1v) is 6.11. The standard InChI is InChI=1S/C13H22N4O/c1-11-10-15-6-4-12(11)5-7-16-13(14-2)17-8-9-18-3/h4,6,10H,5,7-9H2,1-3H3,(H2,14,16,17). The van der Waals surface area contributed by atoms with Crippen molar-refractivity contribution in [3.05, 3.63) is 29.6 Å². The Labute approximate surface area is 109 Å². The quantitative estimate of drug-likeness (QED) is 0.444. The second kappa shape index (κ2) is 8.47. The molecule has 0 aliphatic carbocycles. The minimum Gasteiger partial charge on any atom is -0.383 e. The molecule has 0 bridgehead atoms. The summed E-state index contributed by atoms with van der Waals surface area (Å²) in [7, 11) is 3.45. The first-order chi connectivity index (χ1) is 8.77. The molecule has 0 amide bonds. The van der Waals surface area contributed by atoms with Crippen LogP contribution < -0.4 is 10.6 Å². The zero-order chi connectivity index (χ0) is 13.2. The highest BCUT2D eigenvalue weighted by Gasteiger charge is 1.99. The molecule has 0 unspecified atom stereocenters. The van der Waals surface area contributed by atoms with Gasteiger partial charge in [0.2, 0.25) is 0 Å². The van der Waals surface area contributed by atoms with Gasteiger partial charge < -0.3 is 15.4 Å². The molecule has 1 aromatic rings. The maximum atomic E-state index is 4.97. The zero-order valence-electron chi connectivity index (χ0n) is 11.4. The molecule has 0 aliphatic heterocycles. The van der Waals surface area contributed by atoms with E-state index >= 15 is 0 Å². The summed E-state index contributed by atoms with van der Waals surface area (Å²) in [5, 5.41) is 6.44. The van der Waals surface area contributed by atoms with Gasteiger partial charge in [0.15, 0.2) is 5.96 Å². The predicted octanol–water partition coefficient (Wildman–Crippen LogP) is 0.744. The lowest BCUT2D eigenvalue weighted by atomic mass is 10.1. The molecule has 0 saturated carbocycles. The molecule has 0 spiro atoms. The zero-order valence-corrected chi connectivity index (χ0v) is 11.4. The third kappa shape index (κ3) is 5.14. The second-order valence-electron chi connectivity index (χ2n) is 3.97. The van der Waals surface area contributed by atoms with Crippen LogP contribution in [-0.2, 0) is 11.2 Å². The van der Waals surface area contributed by atoms with Gasteiger partial charge in [0.25, 0.3) is 0 Å². The van der Waals surface area contributed by atoms with Crippen LogP contribution in [0.3, 0.4) is 0 Å². The van der Waals surface area contributed by atoms with E-state index in [0.717, 1.165) is 25.5 Å². The van der Waals surface area contributed by atoms with Gasteiger partial charge in [0.05, 0.1) is 6.61 Å². The lowest BCUT2D eigenvalue weighted by Gasteiger charge is -2.12. The minimum atomic E-state index is 0.671. The highest BCUT2D eigenvalue weighted by atomic mass is 16.5. The van der Waals surface area contributed by atoms with Gasteiger partial charge in [-0.1, -0.05) is 0 Å². The van der Waals surface area contributed by atoms with E-state index in [9.17, 15) is 0 Å². The summed E-state index contributed by atoms with van der Waals surface area (Å²) < 4.78 is 4.97. The van der Waals surface area contributed by atoms with E-state index in [1.165, 1.54) is 11.1 Å². The summed E-state index contributed by atoms with van der Waals surface area (Å²) >= 11 is 0. The molecule has 1 heterocycles. The number of rotatable bonds is 6. The van der Waals surface area contributed by atoms with Crippen LogP contribution >= 0.6 is 0 Å². The number of aryl methyl sites for hydroxylation is 1. The largest absolute Gasteiger partial charge is 0.383 e. The predicted molar refractivity (Wildman–Crippen MR) is 73.9 cm³/mol. The highest BCUT2D eigenvalue weighted by molar-refractivity contribution is 5.79. The van der Waals surface area contributed by atoms with Crippen LogP contribution in [0.2, 0.25) is 0 Å². The summed E-state index contributed by atoms with van der Waals surface area (Å²) in [5.41, 5.74) is 2.53. The molecule has 0 saturated heterocycles. The SMILES string of the molecule is CN=C(NCCOC)NCCc1ccncc1C. The van der Waals surface area contributed by atoms with Crippen molar-refractivity contribution in [1.29, 1.82) is 0 Å². The molecule has 0 aromatic carbocycles. The first-order valence-electron chi connectivity index (χ1n) is 6.11. The number of methoxy groups -OCH3 is 1. The number of hydrogen-bond donors (Lipinski definition) is 2. The first kappa shape index (κ1) is 14.4. The van der Waals surface area contributed by atoms with Gasteiger partial charge in [0.1, 0.15) is 0 Å². The van der Waals surface area contributed by atoms with Gasteiger partial charge in [-0.3, -0.25) is 9.98 Å². The molecule has 0 fully saturated rings. The number of ether oxygens (including phenoxy) is 1. The normalized spacial score (nSPS) is 11.4. The summed E-state index contributed by atoms with van der Waals surface area (Å²) in [4.78, 5) is 8.22. The molecule has 0 atom stereocenters. The van der Waals surface area contributed by atoms with E-state index in [1.54, 1.807) is 14.2 Å². The Morgan fingerprint density at radius 2 is 2.17 bits per heavy atom. The number of aliphatic imine (C=N–C) groups is 1. The topological polar surface area (TPSA) is 58.5 Å². The number of hydrogen-bond acceptors (Lipinski definition) is 3. The van der Waals surface area contributed by atoms with Crippen LogP contribution in [-0.4, -0.2) is 44.8 Å². The van der Waals surface area contributed by atoms with E-state index < -0.39 is 0 Å². The fourth-order valence-corrected chi connectivity index (χ4v) is 1.59. The fraction of sp³-hybridized carbons (Fsp3) is 0.538. The monoisotopic (exact) mass is 250 g/mol. The molecule has 100 valence electrons. The van der Waals surface area contributed by atoms with Crippen LogP contribution in [0.25, 0.3) is 0 Å². The van der Waals surface area contributed by atoms with Gasteiger partial charge in [-0.15, -0.1) is 0 Å². The van der Waals surface area contributed by atoms with Crippen molar-refractivity contribution in [3.8, 4) is 0 Å². The van der Waals surface area contributed by atoms with Crippen molar-refractivity contribution >= 4 is 5.96 Å². The second-order valence-corrected chi connectivity index (χ2v) is 3.97. The van der Waals surface area contributed by atoms with E-state index in [-0.39, 0.29) is 0 Å². The Bertz CT molecular complexity index is 379. The van der Waals surface area contributed by atoms with Gasteiger partial charge in [-0.25, -0.2) is 0 Å². The molecular weight excluding hydrogens is 228 g/mol. The molecule has 5 heteroatoms. The van der Waals surface area contributed by atoms with E-state index in [0.29, 0.717) is 6.61 Å². The summed E-state index contributed by atoms with van der Waals surface area (Å²) in [6.45, 7) is 4.35. The molecule has 0 aliphatic rings. The molecule has 1 aromatic heterocycles. The van der Waals surface area contributed by atoms with Gasteiger partial charge in [-0.05, 0) is 30.5 Å². The molecule has 0 radical (unpaired) electrons. The molecule has 5 nitrogen and oxygen atoms in total. The van der Waals surface area contributed by atoms with Crippen molar-refractivity contribution in [2.24, 2.45) is 4.99 Å². The Balaban J connectivity index is 2.30. The third-order valence-corrected chi connectivity index (χ3v) is 2.65. The van der Waals surface area contributed by atoms with Gasteiger partial charge in [0, 0.05) is 39.6 Å². The van der Waals surface area contributed by atoms with Crippen molar-refractivity contribution in [2.45, 2.75) is 13.3 Å². The maximum absolute atomic E-state index is 4.97. The molecular formula is C13H22N4O. The summed E-state index contributed by atoms with van der Waals surface area (Å²) in [5.74, 6) is 0.804. The Morgan fingerprint density at radius 1 is 1.39 bits per heavy atom. The van der Waals surface area contributed by atoms with Crippen molar-refractivity contribution in [2.75, 3.05) is 33.9 Å². The van der Waals surface area contributed by atoms with E-state index in [4.69, 9.17) is 4.74 Å². The fourth-order valence-electron chi connectivity index (χ4n) is 1.59. The highest BCUT2D eigenvalue weighted by Crippen LogP contribution is 2.04. The van der Waals surface area contributed by atoms with E-state index in [2.05, 4.69) is 33.6 Å². The molecule has 1 rings (SSSR count). The summed E-state index contributed by atoms with van der Waals surface area (Å²) in [6.07, 6.45) is 4.67. The van der Waals surface area contributed by atoms with Crippen molar-refractivity contribution in [3.63, 3.8) is 0 Å². The van der Waals surface area contributed by atoms with E-state index in [1.807, 2.05) is 12.4 Å². The Morgan fingerprint density at radius 3 is 2.83 bits per heavy atom.